The topological polar surface area (TPSA) is 98.3 Å². The Hall–Kier alpha value is -6.23. The molecule has 0 aliphatic rings. The average Bonchev–Trinajstić information content (AvgIpc) is 3.89. The summed E-state index contributed by atoms with van der Waals surface area (Å²) >= 11 is 0. The van der Waals surface area contributed by atoms with Crippen LogP contribution in [0.15, 0.2) is 129 Å². The third kappa shape index (κ3) is 3.94. The average molecular weight is 565 g/mol. The molecule has 5 aromatic heterocycles. The van der Waals surface area contributed by atoms with Gasteiger partial charge in [-0.25, -0.2) is 23.7 Å². The normalized spacial score (nSPS) is 11.4. The van der Waals surface area contributed by atoms with Crippen LogP contribution in [-0.2, 0) is 0 Å². The first-order valence-electron chi connectivity index (χ1n) is 13.6. The minimum absolute atomic E-state index is 0.756. The summed E-state index contributed by atoms with van der Waals surface area (Å²) in [5.74, 6) is 0.756. The van der Waals surface area contributed by atoms with Gasteiger partial charge in [-0.15, -0.1) is 0 Å². The molecule has 0 saturated carbocycles. The summed E-state index contributed by atoms with van der Waals surface area (Å²) in [6, 6.07) is 23.7. The molecular formula is C32H24N10O. The first-order valence-corrected chi connectivity index (χ1v) is 13.6. The SMILES string of the molecule is COc1ccc(-c2c(-n3cccn3)c(-n3cccn3)c(-n3cnc4ccccc43)c(-n3cccn3)c2-n2cccn2)cc1. The van der Waals surface area contributed by atoms with Gasteiger partial charge in [0.15, 0.2) is 0 Å². The Bertz CT molecular complexity index is 2050. The Morgan fingerprint density at radius 1 is 0.535 bits per heavy atom. The Kier molecular flexibility index (Phi) is 5.71. The van der Waals surface area contributed by atoms with E-state index in [2.05, 4.69) is 10.6 Å². The second-order valence-electron chi connectivity index (χ2n) is 9.75. The third-order valence-corrected chi connectivity index (χ3v) is 7.38. The monoisotopic (exact) mass is 564 g/mol. The maximum Gasteiger partial charge on any atom is 0.118 e. The summed E-state index contributed by atoms with van der Waals surface area (Å²) in [6.07, 6.45) is 16.7. The van der Waals surface area contributed by atoms with Crippen LogP contribution in [0.25, 0.3) is 50.6 Å². The van der Waals surface area contributed by atoms with Crippen molar-refractivity contribution < 1.29 is 4.74 Å². The van der Waals surface area contributed by atoms with Crippen LogP contribution in [0.3, 0.4) is 0 Å². The van der Waals surface area contributed by atoms with Crippen molar-refractivity contribution in [2.75, 3.05) is 7.11 Å². The van der Waals surface area contributed by atoms with Crippen LogP contribution in [0.4, 0.5) is 0 Å². The first kappa shape index (κ1) is 24.6. The number of benzene rings is 3. The van der Waals surface area contributed by atoms with Crippen molar-refractivity contribution in [3.05, 3.63) is 129 Å². The molecule has 0 atom stereocenters. The summed E-state index contributed by atoms with van der Waals surface area (Å²) < 4.78 is 15.1. The van der Waals surface area contributed by atoms with E-state index in [-0.39, 0.29) is 0 Å². The van der Waals surface area contributed by atoms with Crippen LogP contribution in [0, 0.1) is 0 Å². The minimum Gasteiger partial charge on any atom is -0.497 e. The fourth-order valence-electron chi connectivity index (χ4n) is 5.57. The molecule has 0 saturated heterocycles. The number of methoxy groups -OCH3 is 1. The molecule has 208 valence electrons. The van der Waals surface area contributed by atoms with Gasteiger partial charge in [0.1, 0.15) is 40.5 Å². The molecule has 0 N–H and O–H groups in total. The largest absolute Gasteiger partial charge is 0.497 e. The van der Waals surface area contributed by atoms with Crippen molar-refractivity contribution in [3.63, 3.8) is 0 Å². The molecule has 11 nitrogen and oxygen atoms in total. The number of hydrogen-bond acceptors (Lipinski definition) is 6. The number of para-hydroxylation sites is 2. The first-order chi connectivity index (χ1) is 21.3. The van der Waals surface area contributed by atoms with Crippen molar-refractivity contribution in [1.29, 1.82) is 0 Å². The zero-order valence-electron chi connectivity index (χ0n) is 23.0. The van der Waals surface area contributed by atoms with Gasteiger partial charge in [-0.2, -0.15) is 20.4 Å². The molecule has 43 heavy (non-hydrogen) atoms. The zero-order valence-corrected chi connectivity index (χ0v) is 23.0. The number of fused-ring (bicyclic) bond motifs is 1. The van der Waals surface area contributed by atoms with E-state index in [1.807, 2.05) is 117 Å². The van der Waals surface area contributed by atoms with E-state index in [1.54, 1.807) is 31.9 Å². The lowest BCUT2D eigenvalue weighted by Crippen LogP contribution is -2.18. The smallest absolute Gasteiger partial charge is 0.118 e. The molecule has 8 rings (SSSR count). The van der Waals surface area contributed by atoms with Crippen molar-refractivity contribution in [3.8, 4) is 45.3 Å². The standard InChI is InChI=1S/C32H24N10O/c1-43-24-12-10-23(11-13-24)27-28(39-18-4-14-34-39)31(41-20-6-16-36-41)30(38-22-33-25-8-2-3-9-26(25)38)32(42-21-7-17-37-42)29(27)40-19-5-15-35-40/h2-22H,1H3. The fourth-order valence-corrected chi connectivity index (χ4v) is 5.57. The van der Waals surface area contributed by atoms with Crippen molar-refractivity contribution >= 4 is 11.0 Å². The Morgan fingerprint density at radius 2 is 1.05 bits per heavy atom. The highest BCUT2D eigenvalue weighted by atomic mass is 16.5. The summed E-state index contributed by atoms with van der Waals surface area (Å²) in [4.78, 5) is 4.77. The van der Waals surface area contributed by atoms with E-state index in [0.29, 0.717) is 0 Å². The van der Waals surface area contributed by atoms with Crippen LogP contribution in [0.5, 0.6) is 5.75 Å². The van der Waals surface area contributed by atoms with Crippen molar-refractivity contribution in [1.82, 2.24) is 48.7 Å². The van der Waals surface area contributed by atoms with Gasteiger partial charge in [0.05, 0.1) is 18.1 Å². The van der Waals surface area contributed by atoms with Gasteiger partial charge in [-0.3, -0.25) is 4.57 Å². The van der Waals surface area contributed by atoms with Gasteiger partial charge in [0.2, 0.25) is 0 Å². The van der Waals surface area contributed by atoms with Crippen LogP contribution in [0.1, 0.15) is 0 Å². The molecule has 0 aliphatic heterocycles. The van der Waals surface area contributed by atoms with E-state index >= 15 is 0 Å². The van der Waals surface area contributed by atoms with Gasteiger partial charge < -0.3 is 4.74 Å². The molecule has 0 amide bonds. The molecule has 0 radical (unpaired) electrons. The molecule has 0 aliphatic carbocycles. The number of imidazole rings is 1. The molecule has 5 heterocycles. The molecule has 0 bridgehead atoms. The minimum atomic E-state index is 0.756. The number of ether oxygens (including phenoxy) is 1. The lowest BCUT2D eigenvalue weighted by Gasteiger charge is -2.27. The molecular weight excluding hydrogens is 540 g/mol. The van der Waals surface area contributed by atoms with E-state index in [1.165, 1.54) is 0 Å². The third-order valence-electron chi connectivity index (χ3n) is 7.38. The highest BCUT2D eigenvalue weighted by Gasteiger charge is 2.32. The second-order valence-corrected chi connectivity index (χ2v) is 9.75. The summed E-state index contributed by atoms with van der Waals surface area (Å²) in [5.41, 5.74) is 7.56. The van der Waals surface area contributed by atoms with E-state index < -0.39 is 0 Å². The molecule has 0 unspecified atom stereocenters. The Morgan fingerprint density at radius 3 is 1.53 bits per heavy atom. The molecule has 8 aromatic rings. The Labute approximate surface area is 245 Å². The lowest BCUT2D eigenvalue weighted by atomic mass is 9.96. The van der Waals surface area contributed by atoms with Crippen LogP contribution < -0.4 is 4.74 Å². The van der Waals surface area contributed by atoms with Crippen molar-refractivity contribution in [2.45, 2.75) is 0 Å². The number of rotatable bonds is 7. The summed E-state index contributed by atoms with van der Waals surface area (Å²) in [5, 5.41) is 19.0. The van der Waals surface area contributed by atoms with Gasteiger partial charge in [-0.05, 0) is 54.1 Å². The van der Waals surface area contributed by atoms with Gasteiger partial charge in [0.25, 0.3) is 0 Å². The van der Waals surface area contributed by atoms with Crippen LogP contribution >= 0.6 is 0 Å². The van der Waals surface area contributed by atoms with E-state index in [9.17, 15) is 0 Å². The number of aromatic nitrogens is 10. The summed E-state index contributed by atoms with van der Waals surface area (Å²) in [6.45, 7) is 0. The van der Waals surface area contributed by atoms with E-state index in [0.717, 1.165) is 56.3 Å². The molecule has 0 fully saturated rings. The fraction of sp³-hybridized carbons (Fsp3) is 0.0312. The predicted molar refractivity (Wildman–Crippen MR) is 162 cm³/mol. The molecule has 3 aromatic carbocycles. The quantitative estimate of drug-likeness (QED) is 0.256. The zero-order chi connectivity index (χ0) is 28.8. The summed E-state index contributed by atoms with van der Waals surface area (Å²) in [7, 11) is 1.66. The highest BCUT2D eigenvalue weighted by molar-refractivity contribution is 5.96. The highest BCUT2D eigenvalue weighted by Crippen LogP contribution is 2.45. The van der Waals surface area contributed by atoms with E-state index in [4.69, 9.17) is 30.1 Å². The maximum absolute atomic E-state index is 5.51. The van der Waals surface area contributed by atoms with Gasteiger partial charge in [-0.1, -0.05) is 24.3 Å². The Balaban J connectivity index is 1.66. The molecule has 11 heteroatoms. The van der Waals surface area contributed by atoms with Crippen molar-refractivity contribution in [2.24, 2.45) is 0 Å². The number of nitrogens with zero attached hydrogens (tertiary/aromatic N) is 10. The second kappa shape index (κ2) is 10.00. The molecule has 0 spiro atoms. The lowest BCUT2D eigenvalue weighted by molar-refractivity contribution is 0.415. The van der Waals surface area contributed by atoms with Gasteiger partial charge in [0, 0.05) is 55.1 Å². The van der Waals surface area contributed by atoms with Crippen LogP contribution in [0.2, 0.25) is 0 Å². The number of hydrogen-bond donors (Lipinski definition) is 0. The maximum atomic E-state index is 5.51. The van der Waals surface area contributed by atoms with Crippen LogP contribution in [-0.4, -0.2) is 55.8 Å². The predicted octanol–water partition coefficient (Wildman–Crippen LogP) is 5.44. The van der Waals surface area contributed by atoms with Gasteiger partial charge >= 0.3 is 0 Å².